The van der Waals surface area contributed by atoms with Gasteiger partial charge < -0.3 is 24.9 Å². The second-order valence-electron chi connectivity index (χ2n) is 4.86. The van der Waals surface area contributed by atoms with Crippen molar-refractivity contribution >= 4 is 19.5 Å². The average Bonchev–Trinajstić information content (AvgIpc) is 2.30. The Morgan fingerprint density at radius 2 is 1.81 bits per heavy atom. The molecule has 2 atom stereocenters. The molecule has 0 aromatic heterocycles. The number of unbranched alkanes of at least 4 members (excludes halogenated alkanes) is 1. The maximum Gasteiger partial charge on any atom is 0.340 e. The zero-order valence-corrected chi connectivity index (χ0v) is 12.8. The number of carboxylic acid groups (broad SMARTS) is 2. The van der Waals surface area contributed by atoms with E-state index in [4.69, 9.17) is 20.0 Å². The van der Waals surface area contributed by atoms with Crippen molar-refractivity contribution in [2.24, 2.45) is 5.92 Å². The van der Waals surface area contributed by atoms with E-state index in [1.807, 2.05) is 11.9 Å². The molecular formula is C12H22NO7P. The van der Waals surface area contributed by atoms with Crippen LogP contribution in [0.1, 0.15) is 19.3 Å². The fourth-order valence-electron chi connectivity index (χ4n) is 2.02. The van der Waals surface area contributed by atoms with Crippen LogP contribution in [-0.2, 0) is 14.2 Å². The second kappa shape index (κ2) is 8.94. The van der Waals surface area contributed by atoms with Crippen molar-refractivity contribution in [2.45, 2.75) is 24.9 Å². The van der Waals surface area contributed by atoms with Crippen LogP contribution in [0.15, 0.2) is 12.7 Å². The molecule has 0 aliphatic rings. The molecule has 0 radical (unpaired) electrons. The highest BCUT2D eigenvalue weighted by Crippen LogP contribution is 2.46. The first-order valence-electron chi connectivity index (χ1n) is 6.41. The molecule has 0 bridgehead atoms. The van der Waals surface area contributed by atoms with Gasteiger partial charge >= 0.3 is 19.5 Å². The van der Waals surface area contributed by atoms with Gasteiger partial charge in [-0.05, 0) is 26.4 Å². The highest BCUT2D eigenvalue weighted by molar-refractivity contribution is 7.53. The van der Waals surface area contributed by atoms with E-state index in [2.05, 4.69) is 6.58 Å². The van der Waals surface area contributed by atoms with E-state index in [1.54, 1.807) is 6.08 Å². The predicted molar refractivity (Wildman–Crippen MR) is 76.1 cm³/mol. The molecule has 0 saturated carbocycles. The SMILES string of the molecule is C=CCN(C)CCCCC(C(=O)O)C(C(=O)O)P(=O)(O)O. The summed E-state index contributed by atoms with van der Waals surface area (Å²) in [7, 11) is -3.17. The van der Waals surface area contributed by atoms with Crippen LogP contribution in [0.4, 0.5) is 0 Å². The zero-order valence-electron chi connectivity index (χ0n) is 11.9. The van der Waals surface area contributed by atoms with Crippen LogP contribution in [-0.4, -0.2) is 62.6 Å². The third-order valence-corrected chi connectivity index (χ3v) is 4.36. The molecule has 0 aromatic rings. The van der Waals surface area contributed by atoms with Gasteiger partial charge in [0.1, 0.15) is 0 Å². The van der Waals surface area contributed by atoms with Crippen molar-refractivity contribution < 1.29 is 34.2 Å². The molecule has 9 heteroatoms. The highest BCUT2D eigenvalue weighted by atomic mass is 31.2. The number of hydrogen-bond donors (Lipinski definition) is 4. The number of hydrogen-bond acceptors (Lipinski definition) is 4. The fourth-order valence-corrected chi connectivity index (χ4v) is 3.06. The van der Waals surface area contributed by atoms with Gasteiger partial charge in [0.2, 0.25) is 0 Å². The monoisotopic (exact) mass is 323 g/mol. The van der Waals surface area contributed by atoms with Gasteiger partial charge in [-0.3, -0.25) is 14.2 Å². The zero-order chi connectivity index (χ0) is 16.6. The maximum absolute atomic E-state index is 11.2. The Kier molecular flexibility index (Phi) is 8.43. The van der Waals surface area contributed by atoms with E-state index < -0.39 is 31.1 Å². The van der Waals surface area contributed by atoms with Crippen molar-refractivity contribution in [1.82, 2.24) is 4.90 Å². The van der Waals surface area contributed by atoms with E-state index in [0.29, 0.717) is 25.9 Å². The number of nitrogens with zero attached hydrogens (tertiary/aromatic N) is 1. The minimum atomic E-state index is -5.02. The normalized spacial score (nSPS) is 14.7. The van der Waals surface area contributed by atoms with E-state index in [1.165, 1.54) is 0 Å². The van der Waals surface area contributed by atoms with Gasteiger partial charge in [0.25, 0.3) is 0 Å². The average molecular weight is 323 g/mol. The summed E-state index contributed by atoms with van der Waals surface area (Å²) in [6, 6.07) is 0. The summed E-state index contributed by atoms with van der Waals surface area (Å²) in [5, 5.41) is 17.9. The highest BCUT2D eigenvalue weighted by Gasteiger charge is 2.45. The first-order chi connectivity index (χ1) is 9.61. The van der Waals surface area contributed by atoms with Crippen LogP contribution in [0.25, 0.3) is 0 Å². The van der Waals surface area contributed by atoms with Gasteiger partial charge in [0.15, 0.2) is 5.66 Å². The van der Waals surface area contributed by atoms with Crippen LogP contribution in [0.2, 0.25) is 0 Å². The molecule has 0 amide bonds. The van der Waals surface area contributed by atoms with Gasteiger partial charge in [0, 0.05) is 6.54 Å². The molecule has 0 aliphatic carbocycles. The summed E-state index contributed by atoms with van der Waals surface area (Å²) >= 11 is 0. The fraction of sp³-hybridized carbons (Fsp3) is 0.667. The third kappa shape index (κ3) is 7.38. The molecule has 0 aliphatic heterocycles. The Balaban J connectivity index is 4.63. The topological polar surface area (TPSA) is 135 Å². The summed E-state index contributed by atoms with van der Waals surface area (Å²) in [5.74, 6) is -4.90. The Morgan fingerprint density at radius 3 is 2.19 bits per heavy atom. The second-order valence-corrected chi connectivity index (χ2v) is 6.60. The lowest BCUT2D eigenvalue weighted by Gasteiger charge is -2.21. The van der Waals surface area contributed by atoms with Gasteiger partial charge in [-0.1, -0.05) is 12.5 Å². The van der Waals surface area contributed by atoms with Crippen molar-refractivity contribution in [3.63, 3.8) is 0 Å². The molecule has 0 heterocycles. The quantitative estimate of drug-likeness (QED) is 0.247. The molecule has 0 aromatic carbocycles. The first kappa shape index (κ1) is 19.8. The van der Waals surface area contributed by atoms with Crippen LogP contribution in [0.5, 0.6) is 0 Å². The minimum Gasteiger partial charge on any atom is -0.481 e. The first-order valence-corrected chi connectivity index (χ1v) is 8.09. The standard InChI is InChI=1S/C12H22NO7P/c1-3-7-13(2)8-5-4-6-9(11(14)15)10(12(16)17)21(18,19)20/h3,9-10H,1,4-8H2,2H3,(H,14,15)(H,16,17)(H2,18,19,20). The van der Waals surface area contributed by atoms with Crippen LogP contribution < -0.4 is 0 Å². The smallest absolute Gasteiger partial charge is 0.340 e. The lowest BCUT2D eigenvalue weighted by molar-refractivity contribution is -0.148. The van der Waals surface area contributed by atoms with Crippen LogP contribution in [0.3, 0.4) is 0 Å². The number of carboxylic acids is 2. The molecule has 0 saturated heterocycles. The van der Waals surface area contributed by atoms with Crippen LogP contribution >= 0.6 is 7.60 Å². The Labute approximate surface area is 123 Å². The number of aliphatic carboxylic acids is 2. The van der Waals surface area contributed by atoms with Gasteiger partial charge in [0.05, 0.1) is 5.92 Å². The van der Waals surface area contributed by atoms with Crippen molar-refractivity contribution in [3.8, 4) is 0 Å². The maximum atomic E-state index is 11.2. The van der Waals surface area contributed by atoms with Crippen molar-refractivity contribution in [3.05, 3.63) is 12.7 Å². The summed E-state index contributed by atoms with van der Waals surface area (Å²) < 4.78 is 11.2. The lowest BCUT2D eigenvalue weighted by atomic mass is 9.98. The summed E-state index contributed by atoms with van der Waals surface area (Å²) in [6.45, 7) is 4.91. The van der Waals surface area contributed by atoms with Crippen LogP contribution in [0, 0.1) is 5.92 Å². The Morgan fingerprint density at radius 1 is 1.24 bits per heavy atom. The largest absolute Gasteiger partial charge is 0.481 e. The van der Waals surface area contributed by atoms with E-state index >= 15 is 0 Å². The molecule has 0 rings (SSSR count). The third-order valence-electron chi connectivity index (χ3n) is 3.06. The Hall–Kier alpha value is -1.21. The van der Waals surface area contributed by atoms with Crippen molar-refractivity contribution in [1.29, 1.82) is 0 Å². The molecule has 0 spiro atoms. The van der Waals surface area contributed by atoms with E-state index in [-0.39, 0.29) is 6.42 Å². The molecule has 4 N–H and O–H groups in total. The minimum absolute atomic E-state index is 0.0979. The summed E-state index contributed by atoms with van der Waals surface area (Å²) in [5.41, 5.74) is -2.21. The number of likely N-dealkylation sites (N-methyl/N-ethyl adjacent to an activating group) is 1. The molecule has 8 nitrogen and oxygen atoms in total. The molecule has 122 valence electrons. The molecular weight excluding hydrogens is 301 g/mol. The summed E-state index contributed by atoms with van der Waals surface area (Å²) in [4.78, 5) is 42.0. The van der Waals surface area contributed by atoms with E-state index in [0.717, 1.165) is 0 Å². The van der Waals surface area contributed by atoms with E-state index in [9.17, 15) is 14.2 Å². The van der Waals surface area contributed by atoms with Gasteiger partial charge in [-0.15, -0.1) is 6.58 Å². The predicted octanol–water partition coefficient (Wildman–Crippen LogP) is 0.606. The molecule has 0 fully saturated rings. The number of rotatable bonds is 11. The van der Waals surface area contributed by atoms with Gasteiger partial charge in [-0.25, -0.2) is 0 Å². The molecule has 21 heavy (non-hydrogen) atoms. The number of carbonyl (C=O) groups is 2. The van der Waals surface area contributed by atoms with Gasteiger partial charge in [-0.2, -0.15) is 0 Å². The Bertz CT molecular complexity index is 420. The van der Waals surface area contributed by atoms with Crippen molar-refractivity contribution in [2.75, 3.05) is 20.1 Å². The molecule has 2 unspecified atom stereocenters. The summed E-state index contributed by atoms with van der Waals surface area (Å²) in [6.07, 6.45) is 2.58. The lowest BCUT2D eigenvalue weighted by Crippen LogP contribution is -2.35.